The summed E-state index contributed by atoms with van der Waals surface area (Å²) < 4.78 is 0. The van der Waals surface area contributed by atoms with Gasteiger partial charge in [0.15, 0.2) is 0 Å². The van der Waals surface area contributed by atoms with Gasteiger partial charge in [-0.2, -0.15) is 11.8 Å². The maximum absolute atomic E-state index is 8.96. The Hall–Kier alpha value is 0.270. The Kier molecular flexibility index (Phi) is 7.78. The van der Waals surface area contributed by atoms with Crippen LogP contribution in [0.5, 0.6) is 0 Å². The molecule has 1 rings (SSSR count). The highest BCUT2D eigenvalue weighted by Gasteiger charge is 2.35. The van der Waals surface area contributed by atoms with Crippen LogP contribution in [0, 0.1) is 11.3 Å². The molecule has 1 aliphatic carbocycles. The average molecular weight is 288 g/mol. The molecule has 3 atom stereocenters. The van der Waals surface area contributed by atoms with Crippen LogP contribution in [0.4, 0.5) is 0 Å². The van der Waals surface area contributed by atoms with Gasteiger partial charge in [-0.25, -0.2) is 0 Å². The number of nitrogens with one attached hydrogen (secondary N) is 1. The Bertz CT molecular complexity index is 239. The topological polar surface area (TPSA) is 32.3 Å². The molecule has 1 saturated carbocycles. The lowest BCUT2D eigenvalue weighted by atomic mass is 9.71. The van der Waals surface area contributed by atoms with Gasteiger partial charge in [-0.3, -0.25) is 0 Å². The number of thioether (sulfide) groups is 1. The van der Waals surface area contributed by atoms with Crippen molar-refractivity contribution in [2.75, 3.05) is 18.9 Å². The average Bonchev–Trinajstić information content (AvgIpc) is 2.36. The van der Waals surface area contributed by atoms with Gasteiger partial charge in [-0.15, -0.1) is 0 Å². The summed E-state index contributed by atoms with van der Waals surface area (Å²) >= 11 is 2.08. The lowest BCUT2D eigenvalue weighted by molar-refractivity contribution is 0.165. The largest absolute Gasteiger partial charge is 0.396 e. The van der Waals surface area contributed by atoms with E-state index >= 15 is 0 Å². The lowest BCUT2D eigenvalue weighted by Gasteiger charge is -2.42. The molecule has 3 unspecified atom stereocenters. The fourth-order valence-corrected chi connectivity index (χ4v) is 4.39. The molecule has 0 saturated heterocycles. The molecule has 114 valence electrons. The Morgan fingerprint density at radius 1 is 1.26 bits per heavy atom. The van der Waals surface area contributed by atoms with Gasteiger partial charge in [-0.05, 0) is 55.7 Å². The normalized spacial score (nSPS) is 28.6. The quantitative estimate of drug-likeness (QED) is 0.701. The van der Waals surface area contributed by atoms with Crippen LogP contribution < -0.4 is 5.32 Å². The molecule has 0 radical (unpaired) electrons. The summed E-state index contributed by atoms with van der Waals surface area (Å²) in [7, 11) is 0. The highest BCUT2D eigenvalue weighted by Crippen LogP contribution is 2.41. The summed E-state index contributed by atoms with van der Waals surface area (Å²) in [6.45, 7) is 10.9. The van der Waals surface area contributed by atoms with Crippen molar-refractivity contribution in [3.63, 3.8) is 0 Å². The number of hydrogen-bond donors (Lipinski definition) is 2. The molecule has 0 aliphatic heterocycles. The van der Waals surface area contributed by atoms with E-state index in [1.807, 2.05) is 0 Å². The van der Waals surface area contributed by atoms with E-state index in [1.54, 1.807) is 0 Å². The van der Waals surface area contributed by atoms with E-state index in [2.05, 4.69) is 44.8 Å². The highest BCUT2D eigenvalue weighted by atomic mass is 32.2. The number of aliphatic hydroxyl groups excluding tert-OH is 1. The summed E-state index contributed by atoms with van der Waals surface area (Å²) in [6, 6.07) is 0.683. The maximum atomic E-state index is 8.96. The molecule has 0 amide bonds. The summed E-state index contributed by atoms with van der Waals surface area (Å²) in [6.07, 6.45) is 6.16. The molecule has 0 bridgehead atoms. The first-order valence-corrected chi connectivity index (χ1v) is 8.99. The van der Waals surface area contributed by atoms with Crippen molar-refractivity contribution in [2.45, 2.75) is 71.1 Å². The van der Waals surface area contributed by atoms with Gasteiger partial charge in [0.2, 0.25) is 0 Å². The third-order valence-corrected chi connectivity index (χ3v) is 5.78. The van der Waals surface area contributed by atoms with E-state index in [0.717, 1.165) is 29.9 Å². The monoisotopic (exact) mass is 287 g/mol. The van der Waals surface area contributed by atoms with Gasteiger partial charge in [-0.1, -0.05) is 27.7 Å². The molecule has 2 N–H and O–H groups in total. The summed E-state index contributed by atoms with van der Waals surface area (Å²) in [5.41, 5.74) is 0.436. The van der Waals surface area contributed by atoms with Crippen LogP contribution in [0.25, 0.3) is 0 Å². The van der Waals surface area contributed by atoms with Crippen molar-refractivity contribution >= 4 is 11.8 Å². The second-order valence-electron chi connectivity index (χ2n) is 6.92. The molecule has 0 aromatic rings. The maximum Gasteiger partial charge on any atom is 0.0438 e. The summed E-state index contributed by atoms with van der Waals surface area (Å²) in [5.74, 6) is 1.95. The third-order valence-electron chi connectivity index (χ3n) is 4.31. The van der Waals surface area contributed by atoms with E-state index < -0.39 is 0 Å². The fourth-order valence-electron chi connectivity index (χ4n) is 2.96. The third kappa shape index (κ3) is 6.05. The predicted molar refractivity (Wildman–Crippen MR) is 86.8 cm³/mol. The lowest BCUT2D eigenvalue weighted by Crippen LogP contribution is -2.45. The van der Waals surface area contributed by atoms with E-state index in [4.69, 9.17) is 5.11 Å². The van der Waals surface area contributed by atoms with E-state index in [0.29, 0.717) is 18.1 Å². The molecule has 3 heteroatoms. The van der Waals surface area contributed by atoms with Crippen molar-refractivity contribution in [3.8, 4) is 0 Å². The minimum Gasteiger partial charge on any atom is -0.396 e. The molecule has 0 aromatic heterocycles. The zero-order valence-electron chi connectivity index (χ0n) is 13.2. The van der Waals surface area contributed by atoms with Crippen molar-refractivity contribution < 1.29 is 5.11 Å². The van der Waals surface area contributed by atoms with Crippen molar-refractivity contribution in [2.24, 2.45) is 11.3 Å². The SMILES string of the molecule is CCCNC1CCC(C(C)(C)C)CC1SCCCO. The highest BCUT2D eigenvalue weighted by molar-refractivity contribution is 7.99. The molecule has 0 aromatic carbocycles. The minimum absolute atomic E-state index is 0.329. The van der Waals surface area contributed by atoms with Gasteiger partial charge < -0.3 is 10.4 Å². The van der Waals surface area contributed by atoms with Gasteiger partial charge in [0.1, 0.15) is 0 Å². The van der Waals surface area contributed by atoms with Gasteiger partial charge in [0.25, 0.3) is 0 Å². The Labute approximate surface area is 124 Å². The molecule has 2 nitrogen and oxygen atoms in total. The van der Waals surface area contributed by atoms with Gasteiger partial charge in [0.05, 0.1) is 0 Å². The zero-order valence-corrected chi connectivity index (χ0v) is 14.1. The van der Waals surface area contributed by atoms with Crippen LogP contribution in [0.3, 0.4) is 0 Å². The Balaban J connectivity index is 2.52. The number of rotatable bonds is 7. The van der Waals surface area contributed by atoms with Crippen LogP contribution in [-0.4, -0.2) is 35.3 Å². The van der Waals surface area contributed by atoms with Gasteiger partial charge in [0, 0.05) is 17.9 Å². The first-order valence-electron chi connectivity index (χ1n) is 7.94. The smallest absolute Gasteiger partial charge is 0.0438 e. The van der Waals surface area contributed by atoms with Crippen molar-refractivity contribution in [1.29, 1.82) is 0 Å². The second-order valence-corrected chi connectivity index (χ2v) is 8.27. The van der Waals surface area contributed by atoms with Crippen LogP contribution in [0.2, 0.25) is 0 Å². The predicted octanol–water partition coefficient (Wildman–Crippen LogP) is 3.69. The molecular formula is C16H33NOS. The minimum atomic E-state index is 0.329. The van der Waals surface area contributed by atoms with Crippen LogP contribution in [0.15, 0.2) is 0 Å². The number of hydrogen-bond acceptors (Lipinski definition) is 3. The second kappa shape index (κ2) is 8.53. The number of aliphatic hydroxyl groups is 1. The first kappa shape index (κ1) is 17.3. The fraction of sp³-hybridized carbons (Fsp3) is 1.00. The summed E-state index contributed by atoms with van der Waals surface area (Å²) in [4.78, 5) is 0. The van der Waals surface area contributed by atoms with Crippen LogP contribution in [-0.2, 0) is 0 Å². The van der Waals surface area contributed by atoms with E-state index in [9.17, 15) is 0 Å². The van der Waals surface area contributed by atoms with Gasteiger partial charge >= 0.3 is 0 Å². The first-order chi connectivity index (χ1) is 8.99. The standard InChI is InChI=1S/C16H33NOS/c1-5-9-17-14-8-7-13(16(2,3)4)12-15(14)19-11-6-10-18/h13-15,17-18H,5-12H2,1-4H3. The van der Waals surface area contributed by atoms with Crippen LogP contribution in [0.1, 0.15) is 59.8 Å². The molecule has 1 fully saturated rings. The molecule has 0 heterocycles. The van der Waals surface area contributed by atoms with E-state index in [1.165, 1.54) is 25.7 Å². The zero-order chi connectivity index (χ0) is 14.3. The summed E-state index contributed by atoms with van der Waals surface area (Å²) in [5, 5.41) is 13.4. The molecule has 19 heavy (non-hydrogen) atoms. The van der Waals surface area contributed by atoms with Crippen LogP contribution >= 0.6 is 11.8 Å². The van der Waals surface area contributed by atoms with E-state index in [-0.39, 0.29) is 0 Å². The molecular weight excluding hydrogens is 254 g/mol. The molecule has 0 spiro atoms. The van der Waals surface area contributed by atoms with Crippen molar-refractivity contribution in [1.82, 2.24) is 5.32 Å². The Morgan fingerprint density at radius 2 is 2.00 bits per heavy atom. The molecule has 1 aliphatic rings. The van der Waals surface area contributed by atoms with Crippen molar-refractivity contribution in [3.05, 3.63) is 0 Å². The Morgan fingerprint density at radius 3 is 2.58 bits per heavy atom.